The average Bonchev–Trinajstić information content (AvgIpc) is 2.94. The third-order valence-corrected chi connectivity index (χ3v) is 4.77. The Morgan fingerprint density at radius 3 is 2.46 bits per heavy atom. The highest BCUT2D eigenvalue weighted by molar-refractivity contribution is 6.32. The Kier molecular flexibility index (Phi) is 5.51. The first-order valence-corrected chi connectivity index (χ1v) is 9.09. The minimum absolute atomic E-state index is 0.0878. The van der Waals surface area contributed by atoms with E-state index < -0.39 is 0 Å². The minimum atomic E-state index is -0.349. The van der Waals surface area contributed by atoms with E-state index in [9.17, 15) is 9.59 Å². The molecule has 1 aromatic heterocycles. The highest BCUT2D eigenvalue weighted by Gasteiger charge is 2.25. The van der Waals surface area contributed by atoms with Crippen molar-refractivity contribution in [2.45, 2.75) is 6.42 Å². The number of hydrogen-bond donors (Lipinski definition) is 2. The van der Waals surface area contributed by atoms with Crippen LogP contribution in [0.3, 0.4) is 0 Å². The number of benzene rings is 2. The maximum atomic E-state index is 13.1. The highest BCUT2D eigenvalue weighted by Crippen LogP contribution is 2.30. The number of rotatable bonds is 5. The zero-order valence-electron chi connectivity index (χ0n) is 15.9. The third-order valence-electron chi connectivity index (χ3n) is 4.54. The number of nitrogens with one attached hydrogen (secondary N) is 2. The van der Waals surface area contributed by atoms with Crippen LogP contribution in [-0.2, 0) is 11.8 Å². The summed E-state index contributed by atoms with van der Waals surface area (Å²) in [5.41, 5.74) is 2.22. The Morgan fingerprint density at radius 1 is 1.14 bits per heavy atom. The second-order valence-corrected chi connectivity index (χ2v) is 7.14. The smallest absolute Gasteiger partial charge is 0.273 e. The highest BCUT2D eigenvalue weighted by atomic mass is 35.5. The number of carbonyl (C=O) groups excluding carboxylic acids is 2. The zero-order chi connectivity index (χ0) is 20.4. The lowest BCUT2D eigenvalue weighted by Gasteiger charge is -2.12. The molecule has 3 aromatic rings. The normalized spacial score (nSPS) is 10.7. The van der Waals surface area contributed by atoms with E-state index in [0.29, 0.717) is 27.4 Å². The van der Waals surface area contributed by atoms with Gasteiger partial charge in [-0.15, -0.1) is 0 Å². The number of nitrogens with zero attached hydrogens (tertiary/aromatic N) is 2. The fourth-order valence-corrected chi connectivity index (χ4v) is 3.26. The van der Waals surface area contributed by atoms with Crippen LogP contribution in [0.4, 0.5) is 5.69 Å². The van der Waals surface area contributed by atoms with E-state index in [2.05, 4.69) is 5.32 Å². The van der Waals surface area contributed by atoms with E-state index in [1.807, 2.05) is 18.2 Å². The Labute approximate surface area is 168 Å². The molecule has 0 radical (unpaired) electrons. The van der Waals surface area contributed by atoms with Crippen molar-refractivity contribution >= 4 is 45.7 Å². The number of amides is 2. The largest absolute Gasteiger partial charge is 0.348 e. The molecule has 0 bridgehead atoms. The molecular formula is C21H21ClN4O2. The quantitative estimate of drug-likeness (QED) is 0.641. The van der Waals surface area contributed by atoms with Crippen LogP contribution in [0, 0.1) is 5.41 Å². The van der Waals surface area contributed by atoms with Gasteiger partial charge in [0, 0.05) is 42.8 Å². The van der Waals surface area contributed by atoms with Gasteiger partial charge >= 0.3 is 0 Å². The molecular weight excluding hydrogens is 376 g/mol. The minimum Gasteiger partial charge on any atom is -0.348 e. The van der Waals surface area contributed by atoms with Crippen LogP contribution < -0.4 is 5.32 Å². The van der Waals surface area contributed by atoms with Gasteiger partial charge in [0.25, 0.3) is 5.91 Å². The predicted octanol–water partition coefficient (Wildman–Crippen LogP) is 3.93. The fraction of sp³-hybridized carbons (Fsp3) is 0.190. The summed E-state index contributed by atoms with van der Waals surface area (Å²) in [6.45, 7) is 0. The van der Waals surface area contributed by atoms with Gasteiger partial charge in [-0.05, 0) is 24.3 Å². The molecule has 1 heterocycles. The molecule has 6 nitrogen and oxygen atoms in total. The maximum Gasteiger partial charge on any atom is 0.273 e. The van der Waals surface area contributed by atoms with E-state index in [4.69, 9.17) is 17.0 Å². The molecule has 2 amide bonds. The molecule has 2 N–H and O–H groups in total. The predicted molar refractivity (Wildman–Crippen MR) is 112 cm³/mol. The van der Waals surface area contributed by atoms with Gasteiger partial charge in [-0.2, -0.15) is 0 Å². The van der Waals surface area contributed by atoms with Crippen LogP contribution in [-0.4, -0.2) is 41.1 Å². The van der Waals surface area contributed by atoms with Gasteiger partial charge in [0.15, 0.2) is 0 Å². The van der Waals surface area contributed by atoms with Crippen molar-refractivity contribution in [3.63, 3.8) is 0 Å². The molecule has 0 aliphatic rings. The summed E-state index contributed by atoms with van der Waals surface area (Å²) < 4.78 is 1.71. The maximum absolute atomic E-state index is 13.1. The summed E-state index contributed by atoms with van der Waals surface area (Å²) in [4.78, 5) is 26.7. The molecule has 0 aliphatic carbocycles. The van der Waals surface area contributed by atoms with Crippen LogP contribution in [0.5, 0.6) is 0 Å². The van der Waals surface area contributed by atoms with Crippen molar-refractivity contribution in [3.8, 4) is 0 Å². The Bertz CT molecular complexity index is 1070. The van der Waals surface area contributed by atoms with E-state index in [-0.39, 0.29) is 23.9 Å². The molecule has 2 aromatic carbocycles. The lowest BCUT2D eigenvalue weighted by atomic mass is 10.0. The average molecular weight is 397 g/mol. The first-order valence-electron chi connectivity index (χ1n) is 8.72. The molecule has 28 heavy (non-hydrogen) atoms. The summed E-state index contributed by atoms with van der Waals surface area (Å²) in [5.74, 6) is -0.552. The van der Waals surface area contributed by atoms with Gasteiger partial charge in [-0.1, -0.05) is 35.9 Å². The third kappa shape index (κ3) is 3.77. The van der Waals surface area contributed by atoms with Gasteiger partial charge in [0.2, 0.25) is 5.91 Å². The molecule has 0 saturated carbocycles. The van der Waals surface area contributed by atoms with Crippen molar-refractivity contribution in [2.24, 2.45) is 7.05 Å². The Morgan fingerprint density at radius 2 is 1.82 bits per heavy atom. The number of anilines is 1. The number of fused-ring (bicyclic) bond motifs is 1. The monoisotopic (exact) mass is 396 g/mol. The van der Waals surface area contributed by atoms with Crippen molar-refractivity contribution in [2.75, 3.05) is 19.4 Å². The molecule has 7 heteroatoms. The van der Waals surface area contributed by atoms with Crippen LogP contribution in [0.2, 0.25) is 5.02 Å². The van der Waals surface area contributed by atoms with Crippen LogP contribution in [0.1, 0.15) is 22.5 Å². The fourth-order valence-electron chi connectivity index (χ4n) is 3.09. The number of para-hydroxylation sites is 1. The van der Waals surface area contributed by atoms with Gasteiger partial charge in [-0.3, -0.25) is 9.59 Å². The summed E-state index contributed by atoms with van der Waals surface area (Å²) >= 11 is 6.14. The van der Waals surface area contributed by atoms with E-state index >= 15 is 0 Å². The first kappa shape index (κ1) is 19.6. The molecule has 144 valence electrons. The number of aryl methyl sites for hydroxylation is 1. The molecule has 3 rings (SSSR count). The molecule has 0 aliphatic heterocycles. The van der Waals surface area contributed by atoms with Gasteiger partial charge in [0.05, 0.1) is 17.6 Å². The second kappa shape index (κ2) is 7.86. The molecule has 0 spiro atoms. The molecule has 0 saturated heterocycles. The number of halogens is 1. The topological polar surface area (TPSA) is 78.2 Å². The van der Waals surface area contributed by atoms with Crippen molar-refractivity contribution in [1.82, 2.24) is 9.47 Å². The summed E-state index contributed by atoms with van der Waals surface area (Å²) in [6, 6.07) is 14.3. The van der Waals surface area contributed by atoms with Gasteiger partial charge < -0.3 is 20.2 Å². The van der Waals surface area contributed by atoms with Gasteiger partial charge in [-0.25, -0.2) is 0 Å². The number of aromatic nitrogens is 1. The lowest BCUT2D eigenvalue weighted by molar-refractivity contribution is -0.127. The molecule has 0 atom stereocenters. The summed E-state index contributed by atoms with van der Waals surface area (Å²) in [5, 5.41) is 12.6. The summed E-state index contributed by atoms with van der Waals surface area (Å²) in [7, 11) is 5.03. The van der Waals surface area contributed by atoms with Crippen LogP contribution >= 0.6 is 11.6 Å². The van der Waals surface area contributed by atoms with E-state index in [0.717, 1.165) is 5.52 Å². The van der Waals surface area contributed by atoms with Crippen molar-refractivity contribution in [3.05, 3.63) is 64.8 Å². The van der Waals surface area contributed by atoms with Crippen molar-refractivity contribution in [1.29, 1.82) is 5.41 Å². The number of hydrogen-bond acceptors (Lipinski definition) is 3. The first-order chi connectivity index (χ1) is 13.3. The zero-order valence-corrected chi connectivity index (χ0v) is 16.7. The van der Waals surface area contributed by atoms with Crippen LogP contribution in [0.15, 0.2) is 48.5 Å². The molecule has 0 unspecified atom stereocenters. The number of carbonyl (C=O) groups is 2. The SMILES string of the molecule is CN(C)C(=O)CC(=N)c1c(C(=O)Nc2ccccc2)n(C)c2cc(Cl)ccc12. The second-order valence-electron chi connectivity index (χ2n) is 6.71. The van der Waals surface area contributed by atoms with Gasteiger partial charge in [0.1, 0.15) is 5.69 Å². The van der Waals surface area contributed by atoms with Crippen molar-refractivity contribution < 1.29 is 9.59 Å². The summed E-state index contributed by atoms with van der Waals surface area (Å²) in [6.07, 6.45) is -0.0969. The Balaban J connectivity index is 2.12. The van der Waals surface area contributed by atoms with E-state index in [1.165, 1.54) is 4.90 Å². The molecule has 0 fully saturated rings. The standard InChI is InChI=1S/C21H21ClN4O2/c1-25(2)18(27)12-16(23)19-15-10-9-13(22)11-17(15)26(3)20(19)21(28)24-14-7-5-4-6-8-14/h4-11,23H,12H2,1-3H3,(H,24,28). The van der Waals surface area contributed by atoms with E-state index in [1.54, 1.807) is 56.0 Å². The Hall–Kier alpha value is -3.12. The van der Waals surface area contributed by atoms with Crippen LogP contribution in [0.25, 0.3) is 10.9 Å². The lowest BCUT2D eigenvalue weighted by Crippen LogP contribution is -2.26.